The van der Waals surface area contributed by atoms with Crippen molar-refractivity contribution < 1.29 is 0 Å². The lowest BCUT2D eigenvalue weighted by Gasteiger charge is -2.14. The van der Waals surface area contributed by atoms with E-state index in [0.717, 1.165) is 39.9 Å². The first-order chi connectivity index (χ1) is 9.15. The molecule has 0 amide bonds. The number of nitrogens with zero attached hydrogens (tertiary/aromatic N) is 4. The van der Waals surface area contributed by atoms with Gasteiger partial charge in [-0.25, -0.2) is 4.68 Å². The van der Waals surface area contributed by atoms with Gasteiger partial charge < -0.3 is 0 Å². The number of allylic oxidation sites excluding steroid dienone is 1. The number of hydrogen-bond acceptors (Lipinski definition) is 3. The minimum Gasteiger partial charge on any atom is -0.201 e. The number of fused-ring (bicyclic) bond motifs is 1. The molecule has 2 heterocycles. The van der Waals surface area contributed by atoms with E-state index in [4.69, 9.17) is 11.6 Å². The highest BCUT2D eigenvalue weighted by Crippen LogP contribution is 2.22. The van der Waals surface area contributed by atoms with E-state index in [1.165, 1.54) is 0 Å². The smallest absolute Gasteiger partial charge is 0.159 e. The normalized spacial score (nSPS) is 16.4. The molecule has 0 bridgehead atoms. The van der Waals surface area contributed by atoms with Crippen LogP contribution in [0, 0.1) is 6.92 Å². The van der Waals surface area contributed by atoms with E-state index >= 15 is 0 Å². The summed E-state index contributed by atoms with van der Waals surface area (Å²) in [6, 6.07) is 7.77. The van der Waals surface area contributed by atoms with Crippen molar-refractivity contribution in [3.8, 4) is 0 Å². The van der Waals surface area contributed by atoms with Crippen LogP contribution in [0.3, 0.4) is 0 Å². The van der Waals surface area contributed by atoms with E-state index in [0.29, 0.717) is 0 Å². The van der Waals surface area contributed by atoms with Gasteiger partial charge in [0.05, 0.1) is 5.71 Å². The summed E-state index contributed by atoms with van der Waals surface area (Å²) < 4.78 is 1.79. The molecule has 4 nitrogen and oxygen atoms in total. The monoisotopic (exact) mass is 272 g/mol. The van der Waals surface area contributed by atoms with Crippen molar-refractivity contribution >= 4 is 23.4 Å². The molecule has 0 unspecified atom stereocenters. The van der Waals surface area contributed by atoms with Crippen LogP contribution in [0.4, 0.5) is 0 Å². The SMILES string of the molecule is CC1=Nn2c(C)nnc2C/C1=C\c1ccccc1Cl. The summed E-state index contributed by atoms with van der Waals surface area (Å²) in [4.78, 5) is 0. The van der Waals surface area contributed by atoms with Crippen LogP contribution < -0.4 is 0 Å². The van der Waals surface area contributed by atoms with E-state index in [2.05, 4.69) is 21.4 Å². The number of benzene rings is 1. The van der Waals surface area contributed by atoms with Crippen LogP contribution in [0.15, 0.2) is 34.9 Å². The second kappa shape index (κ2) is 4.63. The van der Waals surface area contributed by atoms with E-state index < -0.39 is 0 Å². The molecule has 0 N–H and O–H groups in total. The fourth-order valence-electron chi connectivity index (χ4n) is 2.09. The highest BCUT2D eigenvalue weighted by molar-refractivity contribution is 6.32. The molecule has 1 aliphatic heterocycles. The lowest BCUT2D eigenvalue weighted by molar-refractivity contribution is 0.753. The summed E-state index contributed by atoms with van der Waals surface area (Å²) in [5, 5.41) is 13.4. The Morgan fingerprint density at radius 3 is 2.79 bits per heavy atom. The maximum Gasteiger partial charge on any atom is 0.159 e. The molecule has 1 aromatic carbocycles. The highest BCUT2D eigenvalue weighted by Gasteiger charge is 2.18. The van der Waals surface area contributed by atoms with E-state index in [1.54, 1.807) is 4.68 Å². The minimum absolute atomic E-state index is 0.724. The minimum atomic E-state index is 0.724. The number of aryl methyl sites for hydroxylation is 1. The van der Waals surface area contributed by atoms with Gasteiger partial charge in [-0.05, 0) is 37.1 Å². The van der Waals surface area contributed by atoms with E-state index in [-0.39, 0.29) is 0 Å². The summed E-state index contributed by atoms with van der Waals surface area (Å²) >= 11 is 6.18. The molecular formula is C14H13ClN4. The largest absolute Gasteiger partial charge is 0.201 e. The lowest BCUT2D eigenvalue weighted by Crippen LogP contribution is -2.14. The lowest BCUT2D eigenvalue weighted by atomic mass is 10.0. The van der Waals surface area contributed by atoms with Crippen LogP contribution >= 0.6 is 11.6 Å². The molecule has 5 heteroatoms. The van der Waals surface area contributed by atoms with Gasteiger partial charge in [0.2, 0.25) is 0 Å². The van der Waals surface area contributed by atoms with Gasteiger partial charge in [0, 0.05) is 11.4 Å². The van der Waals surface area contributed by atoms with Crippen molar-refractivity contribution in [1.29, 1.82) is 0 Å². The van der Waals surface area contributed by atoms with E-state index in [9.17, 15) is 0 Å². The average molecular weight is 273 g/mol. The first-order valence-electron chi connectivity index (χ1n) is 6.07. The maximum absolute atomic E-state index is 6.18. The predicted molar refractivity (Wildman–Crippen MR) is 76.4 cm³/mol. The van der Waals surface area contributed by atoms with Crippen LogP contribution in [-0.4, -0.2) is 20.6 Å². The molecule has 0 fully saturated rings. The molecule has 0 spiro atoms. The molecule has 0 saturated heterocycles. The summed E-state index contributed by atoms with van der Waals surface area (Å²) in [5.74, 6) is 1.67. The first-order valence-corrected chi connectivity index (χ1v) is 6.45. The molecule has 3 rings (SSSR count). The van der Waals surface area contributed by atoms with Crippen molar-refractivity contribution in [1.82, 2.24) is 14.9 Å². The average Bonchev–Trinajstić information content (AvgIpc) is 2.74. The second-order valence-corrected chi connectivity index (χ2v) is 4.94. The van der Waals surface area contributed by atoms with Crippen molar-refractivity contribution in [3.63, 3.8) is 0 Å². The Kier molecular flexibility index (Phi) is 2.95. The van der Waals surface area contributed by atoms with Crippen molar-refractivity contribution in [2.75, 3.05) is 0 Å². The Labute approximate surface area is 116 Å². The molecule has 19 heavy (non-hydrogen) atoms. The summed E-state index contributed by atoms with van der Waals surface area (Å²) in [6.45, 7) is 3.89. The zero-order chi connectivity index (χ0) is 13.4. The molecule has 2 aromatic rings. The van der Waals surface area contributed by atoms with E-state index in [1.807, 2.05) is 38.1 Å². The molecule has 0 atom stereocenters. The Hall–Kier alpha value is -1.94. The summed E-state index contributed by atoms with van der Waals surface area (Å²) in [7, 11) is 0. The Morgan fingerprint density at radius 1 is 1.21 bits per heavy atom. The summed E-state index contributed by atoms with van der Waals surface area (Å²) in [6.07, 6.45) is 2.79. The third kappa shape index (κ3) is 2.19. The van der Waals surface area contributed by atoms with Gasteiger partial charge in [0.1, 0.15) is 0 Å². The molecule has 1 aromatic heterocycles. The standard InChI is InChI=1S/C14H13ClN4/c1-9-12(7-11-5-3-4-6-13(11)15)8-14-17-16-10(2)19(14)18-9/h3-7H,8H2,1-2H3/b12-7+. The van der Waals surface area contributed by atoms with Crippen LogP contribution in [0.1, 0.15) is 24.1 Å². The van der Waals surface area contributed by atoms with Gasteiger partial charge >= 0.3 is 0 Å². The van der Waals surface area contributed by atoms with Gasteiger partial charge in [-0.15, -0.1) is 10.2 Å². The maximum atomic E-state index is 6.18. The first kappa shape index (κ1) is 12.1. The molecular weight excluding hydrogens is 260 g/mol. The van der Waals surface area contributed by atoms with Gasteiger partial charge in [-0.1, -0.05) is 29.8 Å². The topological polar surface area (TPSA) is 43.1 Å². The van der Waals surface area contributed by atoms with Crippen LogP contribution in [0.25, 0.3) is 6.08 Å². The van der Waals surface area contributed by atoms with Crippen LogP contribution in [0.2, 0.25) is 5.02 Å². The number of rotatable bonds is 1. The van der Waals surface area contributed by atoms with Gasteiger partial charge in [0.25, 0.3) is 0 Å². The van der Waals surface area contributed by atoms with Gasteiger partial charge in [-0.2, -0.15) is 5.10 Å². The van der Waals surface area contributed by atoms with Gasteiger partial charge in [-0.3, -0.25) is 0 Å². The quantitative estimate of drug-likeness (QED) is 0.801. The predicted octanol–water partition coefficient (Wildman–Crippen LogP) is 3.10. The Bertz CT molecular complexity index is 697. The Morgan fingerprint density at radius 2 is 2.00 bits per heavy atom. The van der Waals surface area contributed by atoms with Crippen molar-refractivity contribution in [2.45, 2.75) is 20.3 Å². The highest BCUT2D eigenvalue weighted by atomic mass is 35.5. The molecule has 0 radical (unpaired) electrons. The van der Waals surface area contributed by atoms with Crippen LogP contribution in [0.5, 0.6) is 0 Å². The fraction of sp³-hybridized carbons (Fsp3) is 0.214. The fourth-order valence-corrected chi connectivity index (χ4v) is 2.28. The van der Waals surface area contributed by atoms with Gasteiger partial charge in [0.15, 0.2) is 11.6 Å². The molecule has 0 aliphatic carbocycles. The second-order valence-electron chi connectivity index (χ2n) is 4.53. The number of halogens is 1. The van der Waals surface area contributed by atoms with Crippen molar-refractivity contribution in [3.05, 3.63) is 52.1 Å². The zero-order valence-electron chi connectivity index (χ0n) is 10.8. The molecule has 96 valence electrons. The molecule has 1 aliphatic rings. The summed E-state index contributed by atoms with van der Waals surface area (Å²) in [5.41, 5.74) is 3.08. The van der Waals surface area contributed by atoms with Crippen LogP contribution in [-0.2, 0) is 6.42 Å². The van der Waals surface area contributed by atoms with Crippen molar-refractivity contribution in [2.24, 2.45) is 5.10 Å². The molecule has 0 saturated carbocycles. The Balaban J connectivity index is 2.03. The number of hydrogen-bond donors (Lipinski definition) is 0. The third-order valence-corrected chi connectivity index (χ3v) is 3.50. The zero-order valence-corrected chi connectivity index (χ0v) is 11.5. The third-order valence-electron chi connectivity index (χ3n) is 3.16. The number of aromatic nitrogens is 3.